The van der Waals surface area contributed by atoms with Gasteiger partial charge in [0.05, 0.1) is 5.56 Å². The second kappa shape index (κ2) is 3.79. The van der Waals surface area contributed by atoms with E-state index < -0.39 is 17.0 Å². The lowest BCUT2D eigenvalue weighted by atomic mass is 9.90. The quantitative estimate of drug-likeness (QED) is 0.745. The highest BCUT2D eigenvalue weighted by atomic mass is 16.4. The zero-order valence-corrected chi connectivity index (χ0v) is 11.4. The molecule has 0 bridgehead atoms. The van der Waals surface area contributed by atoms with Gasteiger partial charge in [-0.1, -0.05) is 26.8 Å². The van der Waals surface area contributed by atoms with Crippen molar-refractivity contribution in [2.75, 3.05) is 0 Å². The van der Waals surface area contributed by atoms with E-state index in [4.69, 9.17) is 4.42 Å². The molecule has 0 amide bonds. The Kier molecular flexibility index (Phi) is 2.38. The Hall–Kier alpha value is -2.43. The van der Waals surface area contributed by atoms with Gasteiger partial charge in [0, 0.05) is 11.0 Å². The molecule has 0 spiro atoms. The lowest BCUT2D eigenvalue weighted by Crippen LogP contribution is -2.21. The number of aromatic nitrogens is 1. The van der Waals surface area contributed by atoms with Crippen molar-refractivity contribution in [2.24, 2.45) is 0 Å². The third-order valence-corrected chi connectivity index (χ3v) is 3.20. The molecule has 0 radical (unpaired) electrons. The number of ketones is 2. The summed E-state index contributed by atoms with van der Waals surface area (Å²) < 4.78 is 5.65. The van der Waals surface area contributed by atoms with Crippen molar-refractivity contribution in [3.8, 4) is 17.1 Å². The largest absolute Gasteiger partial charge is 0.507 e. The Labute approximate surface area is 115 Å². The fourth-order valence-electron chi connectivity index (χ4n) is 2.16. The standard InChI is InChI=1S/C15H13NO4/c1-15(2,3)14-16-10-12(19)11(18)7-5-4-6-8(17)9(7)13(10)20-14/h4-6,17H,1-3H3. The van der Waals surface area contributed by atoms with Crippen molar-refractivity contribution in [3.05, 3.63) is 35.3 Å². The topological polar surface area (TPSA) is 80.4 Å². The normalized spacial score (nSPS) is 14.2. The van der Waals surface area contributed by atoms with Gasteiger partial charge in [-0.3, -0.25) is 9.59 Å². The Morgan fingerprint density at radius 1 is 1.15 bits per heavy atom. The minimum atomic E-state index is -0.697. The van der Waals surface area contributed by atoms with Crippen LogP contribution < -0.4 is 0 Å². The minimum Gasteiger partial charge on any atom is -0.507 e. The molecule has 5 nitrogen and oxygen atoms in total. The van der Waals surface area contributed by atoms with Crippen LogP contribution in [0.15, 0.2) is 22.6 Å². The van der Waals surface area contributed by atoms with Crippen LogP contribution >= 0.6 is 0 Å². The predicted octanol–water partition coefficient (Wildman–Crippen LogP) is 2.72. The number of oxazole rings is 1. The second-order valence-electron chi connectivity index (χ2n) is 5.80. The molecule has 3 rings (SSSR count). The molecule has 1 aromatic heterocycles. The van der Waals surface area contributed by atoms with E-state index in [0.29, 0.717) is 5.89 Å². The number of carbonyl (C=O) groups excluding carboxylic acids is 2. The number of fused-ring (bicyclic) bond motifs is 3. The van der Waals surface area contributed by atoms with Crippen molar-refractivity contribution >= 4 is 11.6 Å². The molecule has 0 aliphatic heterocycles. The van der Waals surface area contributed by atoms with Gasteiger partial charge in [0.1, 0.15) is 5.75 Å². The molecule has 0 unspecified atom stereocenters. The molecule has 1 heterocycles. The van der Waals surface area contributed by atoms with Crippen LogP contribution in [0.5, 0.6) is 5.75 Å². The monoisotopic (exact) mass is 271 g/mol. The maximum atomic E-state index is 12.1. The highest BCUT2D eigenvalue weighted by molar-refractivity contribution is 6.52. The smallest absolute Gasteiger partial charge is 0.255 e. The van der Waals surface area contributed by atoms with E-state index >= 15 is 0 Å². The molecular weight excluding hydrogens is 258 g/mol. The van der Waals surface area contributed by atoms with Crippen LogP contribution in [0, 0.1) is 0 Å². The summed E-state index contributed by atoms with van der Waals surface area (Å²) in [5, 5.41) is 9.97. The summed E-state index contributed by atoms with van der Waals surface area (Å²) >= 11 is 0. The van der Waals surface area contributed by atoms with Gasteiger partial charge in [0.2, 0.25) is 11.7 Å². The van der Waals surface area contributed by atoms with Gasteiger partial charge in [0.25, 0.3) is 5.78 Å². The number of nitrogens with zero attached hydrogens (tertiary/aromatic N) is 1. The molecule has 1 aliphatic rings. The molecule has 102 valence electrons. The Bertz CT molecular complexity index is 750. The molecule has 0 saturated heterocycles. The lowest BCUT2D eigenvalue weighted by molar-refractivity contribution is 0.0812. The van der Waals surface area contributed by atoms with Crippen LogP contribution in [-0.4, -0.2) is 21.7 Å². The molecule has 2 aromatic rings. The predicted molar refractivity (Wildman–Crippen MR) is 71.0 cm³/mol. The SMILES string of the molecule is CC(C)(C)c1nc2c(o1)-c1c(O)cccc1C(=O)C2=O. The number of aromatic hydroxyl groups is 1. The first-order valence-electron chi connectivity index (χ1n) is 6.23. The summed E-state index contributed by atoms with van der Waals surface area (Å²) in [6.45, 7) is 5.67. The number of hydrogen-bond donors (Lipinski definition) is 1. The van der Waals surface area contributed by atoms with Crippen LogP contribution in [0.2, 0.25) is 0 Å². The first-order valence-corrected chi connectivity index (χ1v) is 6.23. The van der Waals surface area contributed by atoms with Crippen LogP contribution in [0.25, 0.3) is 11.3 Å². The number of Topliss-reactive ketones (excluding diaryl/α,β-unsaturated/α-hetero) is 2. The number of hydrogen-bond acceptors (Lipinski definition) is 5. The summed E-state index contributed by atoms with van der Waals surface area (Å²) in [5.41, 5.74) is -0.0197. The Morgan fingerprint density at radius 2 is 1.85 bits per heavy atom. The molecule has 20 heavy (non-hydrogen) atoms. The zero-order chi connectivity index (χ0) is 14.7. The van der Waals surface area contributed by atoms with Gasteiger partial charge in [-0.05, 0) is 12.1 Å². The summed E-state index contributed by atoms with van der Waals surface area (Å²) in [6.07, 6.45) is 0. The van der Waals surface area contributed by atoms with Crippen LogP contribution in [0.4, 0.5) is 0 Å². The van der Waals surface area contributed by atoms with Gasteiger partial charge in [0.15, 0.2) is 11.5 Å². The average molecular weight is 271 g/mol. The van der Waals surface area contributed by atoms with Crippen molar-refractivity contribution in [1.82, 2.24) is 4.98 Å². The minimum absolute atomic E-state index is 0.0195. The zero-order valence-electron chi connectivity index (χ0n) is 11.4. The maximum Gasteiger partial charge on any atom is 0.255 e. The van der Waals surface area contributed by atoms with Gasteiger partial charge in [-0.25, -0.2) is 4.98 Å². The number of phenolic OH excluding ortho intramolecular Hbond substituents is 1. The average Bonchev–Trinajstić information content (AvgIpc) is 2.80. The van der Waals surface area contributed by atoms with Gasteiger partial charge < -0.3 is 9.52 Å². The molecular formula is C15H13NO4. The van der Waals surface area contributed by atoms with E-state index in [1.807, 2.05) is 20.8 Å². The lowest BCUT2D eigenvalue weighted by Gasteiger charge is -2.13. The Balaban J connectivity index is 2.35. The van der Waals surface area contributed by atoms with Crippen LogP contribution in [0.1, 0.15) is 47.5 Å². The third-order valence-electron chi connectivity index (χ3n) is 3.20. The first kappa shape index (κ1) is 12.6. The molecule has 0 fully saturated rings. The molecule has 5 heteroatoms. The fourth-order valence-corrected chi connectivity index (χ4v) is 2.16. The molecule has 1 N–H and O–H groups in total. The summed E-state index contributed by atoms with van der Waals surface area (Å²) in [4.78, 5) is 28.3. The van der Waals surface area contributed by atoms with E-state index in [9.17, 15) is 14.7 Å². The van der Waals surface area contributed by atoms with E-state index in [0.717, 1.165) is 0 Å². The third kappa shape index (κ3) is 1.59. The maximum absolute atomic E-state index is 12.1. The summed E-state index contributed by atoms with van der Waals surface area (Å²) in [7, 11) is 0. The van der Waals surface area contributed by atoms with Crippen LogP contribution in [0.3, 0.4) is 0 Å². The van der Waals surface area contributed by atoms with Crippen LogP contribution in [-0.2, 0) is 5.41 Å². The van der Waals surface area contributed by atoms with Crippen molar-refractivity contribution in [1.29, 1.82) is 0 Å². The molecule has 0 saturated carbocycles. The number of phenols is 1. The van der Waals surface area contributed by atoms with Crippen molar-refractivity contribution < 1.29 is 19.1 Å². The van der Waals surface area contributed by atoms with Gasteiger partial charge >= 0.3 is 0 Å². The number of rotatable bonds is 0. The molecule has 1 aromatic carbocycles. The van der Waals surface area contributed by atoms with E-state index in [-0.39, 0.29) is 28.3 Å². The number of carbonyl (C=O) groups is 2. The Morgan fingerprint density at radius 3 is 2.50 bits per heavy atom. The van der Waals surface area contributed by atoms with E-state index in [2.05, 4.69) is 4.98 Å². The fraction of sp³-hybridized carbons (Fsp3) is 0.267. The van der Waals surface area contributed by atoms with Crippen molar-refractivity contribution in [3.63, 3.8) is 0 Å². The number of benzene rings is 1. The molecule has 0 atom stereocenters. The van der Waals surface area contributed by atoms with Crippen molar-refractivity contribution in [2.45, 2.75) is 26.2 Å². The summed E-state index contributed by atoms with van der Waals surface area (Å²) in [6, 6.07) is 4.47. The van der Waals surface area contributed by atoms with Gasteiger partial charge in [-0.15, -0.1) is 0 Å². The molecule has 1 aliphatic carbocycles. The van der Waals surface area contributed by atoms with E-state index in [1.165, 1.54) is 18.2 Å². The summed E-state index contributed by atoms with van der Waals surface area (Å²) in [5.74, 6) is -0.928. The van der Waals surface area contributed by atoms with Gasteiger partial charge in [-0.2, -0.15) is 0 Å². The van der Waals surface area contributed by atoms with E-state index in [1.54, 1.807) is 0 Å². The highest BCUT2D eigenvalue weighted by Crippen LogP contribution is 2.41. The first-order chi connectivity index (χ1) is 9.30. The second-order valence-corrected chi connectivity index (χ2v) is 5.80. The highest BCUT2D eigenvalue weighted by Gasteiger charge is 2.38.